The van der Waals surface area contributed by atoms with Crippen molar-refractivity contribution in [2.45, 2.75) is 74.0 Å². The molecule has 0 aliphatic carbocycles. The molecule has 0 aromatic rings. The number of carbonyl (C=O) groups is 1. The smallest absolute Gasteiger partial charge is 0.447 e. The molecule has 0 atom stereocenters. The largest absolute Gasteiger partial charge is 0.460 e. The molecule has 37 heavy (non-hydrogen) atoms. The first kappa shape index (κ1) is 37.2. The number of hydrogen-bond donors (Lipinski definition) is 2. The lowest BCUT2D eigenvalue weighted by Crippen LogP contribution is -2.74. The van der Waals surface area contributed by atoms with Crippen LogP contribution in [0.1, 0.15) is 20.3 Å². The van der Waals surface area contributed by atoms with Crippen molar-refractivity contribution in [3.63, 3.8) is 0 Å². The molecule has 0 unspecified atom stereocenters. The molecule has 0 aromatic carbocycles. The van der Waals surface area contributed by atoms with Crippen molar-refractivity contribution in [2.75, 3.05) is 20.6 Å². The fourth-order valence-corrected chi connectivity index (χ4v) is 1.93. The van der Waals surface area contributed by atoms with Crippen molar-refractivity contribution in [2.24, 2.45) is 0 Å². The maximum atomic E-state index is 13.5. The third-order valence-corrected chi connectivity index (χ3v) is 3.84. The first-order valence-electron chi connectivity index (χ1n) is 9.22. The minimum absolute atomic E-state index is 0.955. The van der Waals surface area contributed by atoms with Gasteiger partial charge in [0.1, 0.15) is 0 Å². The highest BCUT2D eigenvalue weighted by Gasteiger charge is 2.95. The average Bonchev–Trinajstić information content (AvgIpc) is 2.65. The number of nitrogens with one attached hydrogen (secondary N) is 2. The Morgan fingerprint density at radius 1 is 0.622 bits per heavy atom. The summed E-state index contributed by atoms with van der Waals surface area (Å²) in [6.45, 7) is 0.543. The first-order chi connectivity index (χ1) is 16.0. The third kappa shape index (κ3) is 6.73. The molecule has 0 spiro atoms. The first-order valence-corrected chi connectivity index (χ1v) is 9.22. The van der Waals surface area contributed by atoms with Crippen molar-refractivity contribution < 1.29 is 84.2 Å². The van der Waals surface area contributed by atoms with Crippen LogP contribution < -0.4 is 10.6 Å². The predicted octanol–water partition coefficient (Wildman–Crippen LogP) is 6.36. The van der Waals surface area contributed by atoms with Gasteiger partial charge in [0.05, 0.1) is 6.10 Å². The van der Waals surface area contributed by atoms with Crippen LogP contribution in [0.5, 0.6) is 0 Å². The summed E-state index contributed by atoms with van der Waals surface area (Å²) in [5.41, 5.74) is 0. The highest BCUT2D eigenvalue weighted by Crippen LogP contribution is 2.64. The van der Waals surface area contributed by atoms with Crippen LogP contribution in [0.4, 0.5) is 79.4 Å². The van der Waals surface area contributed by atoms with Crippen molar-refractivity contribution in [1.29, 1.82) is 0 Å². The van der Waals surface area contributed by atoms with E-state index >= 15 is 0 Å². The summed E-state index contributed by atoms with van der Waals surface area (Å²) in [6, 6.07) is 0. The summed E-state index contributed by atoms with van der Waals surface area (Å²) in [4.78, 5) is 11.0. The van der Waals surface area contributed by atoms with E-state index in [1.807, 2.05) is 14.1 Å². The van der Waals surface area contributed by atoms with Crippen LogP contribution in [-0.4, -0.2) is 80.5 Å². The molecule has 224 valence electrons. The second-order valence-electron chi connectivity index (χ2n) is 7.28. The summed E-state index contributed by atoms with van der Waals surface area (Å²) in [6.07, 6.45) is -13.2. The van der Waals surface area contributed by atoms with Gasteiger partial charge >= 0.3 is 53.7 Å². The van der Waals surface area contributed by atoms with Gasteiger partial charge in [-0.3, -0.25) is 0 Å². The second kappa shape index (κ2) is 11.4. The normalized spacial score (nSPS) is 14.8. The van der Waals surface area contributed by atoms with Gasteiger partial charge < -0.3 is 15.4 Å². The molecule has 0 radical (unpaired) electrons. The van der Waals surface area contributed by atoms with Gasteiger partial charge in [-0.25, -0.2) is 4.79 Å². The predicted molar refractivity (Wildman–Crippen MR) is 89.9 cm³/mol. The maximum Gasteiger partial charge on any atom is 0.460 e. The minimum atomic E-state index is -8.67. The zero-order chi connectivity index (χ0) is 30.7. The molecule has 21 heteroatoms. The molecule has 4 nitrogen and oxygen atoms in total. The van der Waals surface area contributed by atoms with Crippen molar-refractivity contribution in [3.05, 3.63) is 0 Å². The van der Waals surface area contributed by atoms with E-state index in [0.29, 0.717) is 0 Å². The Morgan fingerprint density at radius 2 is 0.919 bits per heavy atom. The summed E-state index contributed by atoms with van der Waals surface area (Å²) >= 11 is 0. The zero-order valence-electron chi connectivity index (χ0n) is 18.7. The molecule has 0 rings (SSSR count). The van der Waals surface area contributed by atoms with Crippen LogP contribution >= 0.6 is 0 Å². The quantitative estimate of drug-likeness (QED) is 0.290. The van der Waals surface area contributed by atoms with E-state index in [0.717, 1.165) is 0 Å². The molecule has 0 bridgehead atoms. The molecule has 2 N–H and O–H groups in total. The number of hydrogen-bond acceptors (Lipinski definition) is 3. The number of amides is 1. The Bertz CT molecular complexity index is 750. The highest BCUT2D eigenvalue weighted by atomic mass is 19.4. The zero-order valence-corrected chi connectivity index (χ0v) is 18.7. The second-order valence-corrected chi connectivity index (χ2v) is 7.28. The van der Waals surface area contributed by atoms with Crippen LogP contribution in [0.25, 0.3) is 0 Å². The summed E-state index contributed by atoms with van der Waals surface area (Å²) in [7, 11) is 3.75. The van der Waals surface area contributed by atoms with E-state index < -0.39 is 72.8 Å². The Balaban J connectivity index is 0. The third-order valence-electron chi connectivity index (χ3n) is 3.84. The van der Waals surface area contributed by atoms with Crippen molar-refractivity contribution in [3.8, 4) is 0 Å². The molecule has 0 aliphatic heterocycles. The standard InChI is InChI=1S/C14H12F17NO2.C2H7N/c1-5(2)34-6(33)32-4-3-7(15,16)8(17,18)9(19,20)10(21,22)11(23,24)12(25,26)13(27,28)14(29,30)31;1-3-2/h5H,3-4H2,1-2H3,(H,32,33);3H,1-2H3. The van der Waals surface area contributed by atoms with Gasteiger partial charge in [-0.2, -0.15) is 74.6 Å². The summed E-state index contributed by atoms with van der Waals surface area (Å²) in [5.74, 6) is -56.7. The molecular weight excluding hydrogens is 575 g/mol. The van der Waals surface area contributed by atoms with Gasteiger partial charge in [-0.1, -0.05) is 0 Å². The SMILES string of the molecule is CC(C)OC(=O)NCCC(F)(F)C(F)(F)C(F)(F)C(F)(F)C(F)(F)C(F)(F)C(F)(F)C(F)(F)F.CNC. The van der Waals surface area contributed by atoms with E-state index in [1.54, 1.807) is 0 Å². The van der Waals surface area contributed by atoms with Crippen LogP contribution in [-0.2, 0) is 4.74 Å². The number of halogens is 17. The van der Waals surface area contributed by atoms with Gasteiger partial charge in [-0.15, -0.1) is 0 Å². The molecule has 0 aromatic heterocycles. The topological polar surface area (TPSA) is 50.4 Å². The molecule has 0 heterocycles. The van der Waals surface area contributed by atoms with E-state index in [1.165, 1.54) is 19.2 Å². The van der Waals surface area contributed by atoms with Crippen molar-refractivity contribution in [1.82, 2.24) is 10.6 Å². The van der Waals surface area contributed by atoms with Crippen LogP contribution in [0.15, 0.2) is 0 Å². The van der Waals surface area contributed by atoms with Gasteiger partial charge in [-0.05, 0) is 27.9 Å². The van der Waals surface area contributed by atoms with E-state index in [-0.39, 0.29) is 0 Å². The van der Waals surface area contributed by atoms with Crippen molar-refractivity contribution >= 4 is 6.09 Å². The van der Waals surface area contributed by atoms with Crippen LogP contribution in [0, 0.1) is 0 Å². The molecular formula is C16H19F17N2O2. The Morgan fingerprint density at radius 3 is 1.22 bits per heavy atom. The van der Waals surface area contributed by atoms with E-state index in [2.05, 4.69) is 10.1 Å². The molecule has 0 fully saturated rings. The Hall–Kier alpha value is -1.96. The van der Waals surface area contributed by atoms with Crippen LogP contribution in [0.2, 0.25) is 0 Å². The van der Waals surface area contributed by atoms with Gasteiger partial charge in [0.25, 0.3) is 0 Å². The molecule has 1 amide bonds. The number of carbonyl (C=O) groups excluding carboxylic acids is 1. The molecule has 0 saturated carbocycles. The molecule has 0 saturated heterocycles. The number of alkyl carbamates (subject to hydrolysis) is 1. The Kier molecular flexibility index (Phi) is 11.5. The highest BCUT2D eigenvalue weighted by molar-refractivity contribution is 5.67. The number of alkyl halides is 17. The lowest BCUT2D eigenvalue weighted by molar-refractivity contribution is -0.461. The number of ether oxygens (including phenoxy) is 1. The average molecular weight is 594 g/mol. The Labute approximate surface area is 196 Å². The monoisotopic (exact) mass is 594 g/mol. The summed E-state index contributed by atoms with van der Waals surface area (Å²) < 4.78 is 226. The van der Waals surface area contributed by atoms with E-state index in [4.69, 9.17) is 0 Å². The fraction of sp³-hybridized carbons (Fsp3) is 0.938. The lowest BCUT2D eigenvalue weighted by Gasteiger charge is -2.42. The minimum Gasteiger partial charge on any atom is -0.447 e. The maximum absolute atomic E-state index is 13.5. The fourth-order valence-electron chi connectivity index (χ4n) is 1.93. The number of rotatable bonds is 10. The van der Waals surface area contributed by atoms with Gasteiger partial charge in [0.2, 0.25) is 0 Å². The summed E-state index contributed by atoms with van der Waals surface area (Å²) in [5, 5.41) is 3.97. The van der Waals surface area contributed by atoms with E-state index in [9.17, 15) is 79.4 Å². The van der Waals surface area contributed by atoms with Gasteiger partial charge in [0.15, 0.2) is 0 Å². The lowest BCUT2D eigenvalue weighted by atomic mass is 9.88. The molecule has 0 aliphatic rings. The van der Waals surface area contributed by atoms with Gasteiger partial charge in [0, 0.05) is 13.0 Å². The van der Waals surface area contributed by atoms with Crippen LogP contribution in [0.3, 0.4) is 0 Å².